The van der Waals surface area contributed by atoms with Crippen LogP contribution in [-0.2, 0) is 4.74 Å². The van der Waals surface area contributed by atoms with Crippen LogP contribution >= 0.6 is 0 Å². The minimum Gasteiger partial charge on any atom is -0.376 e. The van der Waals surface area contributed by atoms with E-state index in [-0.39, 0.29) is 6.04 Å². The van der Waals surface area contributed by atoms with Crippen molar-refractivity contribution in [3.8, 4) is 0 Å². The molecule has 4 N–H and O–H groups in total. The zero-order valence-electron chi connectivity index (χ0n) is 12.0. The van der Waals surface area contributed by atoms with E-state index in [1.54, 1.807) is 0 Å². The molecular weight excluding hydrogens is 228 g/mol. The van der Waals surface area contributed by atoms with Crippen molar-refractivity contribution in [1.82, 2.24) is 15.5 Å². The molecule has 0 aromatic heterocycles. The largest absolute Gasteiger partial charge is 0.376 e. The van der Waals surface area contributed by atoms with Crippen molar-refractivity contribution in [2.45, 2.75) is 32.4 Å². The molecule has 0 aliphatic carbocycles. The maximum Gasteiger partial charge on any atom is 0.0714 e. The Morgan fingerprint density at radius 1 is 1.39 bits per heavy atom. The summed E-state index contributed by atoms with van der Waals surface area (Å²) in [6.45, 7) is 12.3. The lowest BCUT2D eigenvalue weighted by molar-refractivity contribution is -0.0310. The third-order valence-corrected chi connectivity index (χ3v) is 3.19. The molecule has 1 aliphatic heterocycles. The van der Waals surface area contributed by atoms with Gasteiger partial charge in [0.15, 0.2) is 0 Å². The highest BCUT2D eigenvalue weighted by Crippen LogP contribution is 2.07. The van der Waals surface area contributed by atoms with Gasteiger partial charge in [-0.1, -0.05) is 6.92 Å². The molecule has 0 aromatic rings. The molecule has 0 bridgehead atoms. The Morgan fingerprint density at radius 3 is 2.94 bits per heavy atom. The lowest BCUT2D eigenvalue weighted by atomic mass is 10.2. The standard InChI is InChI=1S/C13H30N4O/c1-3-15-6-7-17-8-9-18-13(11-17)4-5-16-10-12(2)14/h12-13,15-16H,3-11,14H2,1-2H3. The van der Waals surface area contributed by atoms with E-state index in [2.05, 4.69) is 22.5 Å². The summed E-state index contributed by atoms with van der Waals surface area (Å²) < 4.78 is 5.79. The molecule has 1 fully saturated rings. The Balaban J connectivity index is 2.06. The van der Waals surface area contributed by atoms with E-state index in [1.807, 2.05) is 6.92 Å². The van der Waals surface area contributed by atoms with Gasteiger partial charge in [-0.25, -0.2) is 0 Å². The molecule has 5 nitrogen and oxygen atoms in total. The van der Waals surface area contributed by atoms with Gasteiger partial charge in [0.05, 0.1) is 12.7 Å². The number of likely N-dealkylation sites (N-methyl/N-ethyl adjacent to an activating group) is 1. The van der Waals surface area contributed by atoms with Gasteiger partial charge in [-0.15, -0.1) is 0 Å². The third-order valence-electron chi connectivity index (χ3n) is 3.19. The van der Waals surface area contributed by atoms with Crippen LogP contribution in [0.25, 0.3) is 0 Å². The first-order chi connectivity index (χ1) is 8.72. The molecule has 1 rings (SSSR count). The summed E-state index contributed by atoms with van der Waals surface area (Å²) in [6, 6.07) is 0.230. The van der Waals surface area contributed by atoms with E-state index in [4.69, 9.17) is 10.5 Å². The first-order valence-electron chi connectivity index (χ1n) is 7.23. The summed E-state index contributed by atoms with van der Waals surface area (Å²) in [5.74, 6) is 0. The highest BCUT2D eigenvalue weighted by atomic mass is 16.5. The van der Waals surface area contributed by atoms with Crippen molar-refractivity contribution in [1.29, 1.82) is 0 Å². The molecule has 2 atom stereocenters. The van der Waals surface area contributed by atoms with Crippen LogP contribution in [0.4, 0.5) is 0 Å². The first-order valence-corrected chi connectivity index (χ1v) is 7.23. The maximum absolute atomic E-state index is 5.79. The number of morpholine rings is 1. The van der Waals surface area contributed by atoms with E-state index in [1.165, 1.54) is 0 Å². The molecule has 0 spiro atoms. The molecule has 5 heteroatoms. The summed E-state index contributed by atoms with van der Waals surface area (Å²) in [5.41, 5.74) is 5.69. The maximum atomic E-state index is 5.79. The summed E-state index contributed by atoms with van der Waals surface area (Å²) in [7, 11) is 0. The fourth-order valence-electron chi connectivity index (χ4n) is 2.16. The number of hydrogen-bond acceptors (Lipinski definition) is 5. The van der Waals surface area contributed by atoms with Gasteiger partial charge in [-0.05, 0) is 26.4 Å². The molecular formula is C13H30N4O. The van der Waals surface area contributed by atoms with Gasteiger partial charge < -0.3 is 21.1 Å². The normalized spacial score (nSPS) is 23.2. The summed E-state index contributed by atoms with van der Waals surface area (Å²) in [4.78, 5) is 2.49. The predicted molar refractivity (Wildman–Crippen MR) is 75.9 cm³/mol. The molecule has 1 saturated heterocycles. The molecule has 108 valence electrons. The average Bonchev–Trinajstić information content (AvgIpc) is 2.35. The Labute approximate surface area is 111 Å². The quantitative estimate of drug-likeness (QED) is 0.492. The van der Waals surface area contributed by atoms with Crippen LogP contribution < -0.4 is 16.4 Å². The van der Waals surface area contributed by atoms with Gasteiger partial charge in [0.25, 0.3) is 0 Å². The average molecular weight is 258 g/mol. The van der Waals surface area contributed by atoms with E-state index in [0.29, 0.717) is 6.10 Å². The summed E-state index contributed by atoms with van der Waals surface area (Å²) in [6.07, 6.45) is 1.45. The Morgan fingerprint density at radius 2 is 2.22 bits per heavy atom. The van der Waals surface area contributed by atoms with Crippen molar-refractivity contribution in [2.24, 2.45) is 5.73 Å². The SMILES string of the molecule is CCNCCN1CCOC(CCNCC(C)N)C1. The van der Waals surface area contributed by atoms with E-state index < -0.39 is 0 Å². The van der Waals surface area contributed by atoms with Crippen molar-refractivity contribution >= 4 is 0 Å². The predicted octanol–water partition coefficient (Wildman–Crippen LogP) is -0.376. The smallest absolute Gasteiger partial charge is 0.0714 e. The van der Waals surface area contributed by atoms with Gasteiger partial charge in [0.1, 0.15) is 0 Å². The molecule has 1 heterocycles. The monoisotopic (exact) mass is 258 g/mol. The number of rotatable bonds is 9. The number of nitrogens with one attached hydrogen (secondary N) is 2. The molecule has 2 unspecified atom stereocenters. The zero-order valence-corrected chi connectivity index (χ0v) is 12.0. The Kier molecular flexibility index (Phi) is 8.54. The van der Waals surface area contributed by atoms with Crippen molar-refractivity contribution < 1.29 is 4.74 Å². The minimum atomic E-state index is 0.230. The molecule has 0 amide bonds. The van der Waals surface area contributed by atoms with Crippen LogP contribution in [0.3, 0.4) is 0 Å². The Bertz CT molecular complexity index is 201. The Hall–Kier alpha value is -0.200. The van der Waals surface area contributed by atoms with Gasteiger partial charge in [0.2, 0.25) is 0 Å². The van der Waals surface area contributed by atoms with Crippen LogP contribution in [0.2, 0.25) is 0 Å². The van der Waals surface area contributed by atoms with Gasteiger partial charge in [0, 0.05) is 38.8 Å². The highest BCUT2D eigenvalue weighted by Gasteiger charge is 2.19. The summed E-state index contributed by atoms with van der Waals surface area (Å²) >= 11 is 0. The van der Waals surface area contributed by atoms with Gasteiger partial charge in [-0.2, -0.15) is 0 Å². The summed E-state index contributed by atoms with van der Waals surface area (Å²) in [5, 5.41) is 6.73. The van der Waals surface area contributed by atoms with Crippen LogP contribution in [0.1, 0.15) is 20.3 Å². The lowest BCUT2D eigenvalue weighted by Crippen LogP contribution is -2.46. The fourth-order valence-corrected chi connectivity index (χ4v) is 2.16. The fraction of sp³-hybridized carbons (Fsp3) is 1.00. The number of nitrogens with two attached hydrogens (primary N) is 1. The zero-order chi connectivity index (χ0) is 13.2. The van der Waals surface area contributed by atoms with Crippen LogP contribution in [0, 0.1) is 0 Å². The van der Waals surface area contributed by atoms with E-state index >= 15 is 0 Å². The second-order valence-corrected chi connectivity index (χ2v) is 5.12. The number of nitrogens with zero attached hydrogens (tertiary/aromatic N) is 1. The molecule has 18 heavy (non-hydrogen) atoms. The number of ether oxygens (including phenoxy) is 1. The lowest BCUT2D eigenvalue weighted by Gasteiger charge is -2.33. The number of hydrogen-bond donors (Lipinski definition) is 3. The molecule has 1 aliphatic rings. The van der Waals surface area contributed by atoms with Gasteiger partial charge in [-0.3, -0.25) is 4.90 Å². The van der Waals surface area contributed by atoms with E-state index in [0.717, 1.165) is 58.8 Å². The van der Waals surface area contributed by atoms with Crippen molar-refractivity contribution in [3.63, 3.8) is 0 Å². The second-order valence-electron chi connectivity index (χ2n) is 5.12. The topological polar surface area (TPSA) is 62.5 Å². The molecule has 0 saturated carbocycles. The van der Waals surface area contributed by atoms with Crippen molar-refractivity contribution in [3.05, 3.63) is 0 Å². The van der Waals surface area contributed by atoms with Crippen LogP contribution in [-0.4, -0.2) is 69.5 Å². The highest BCUT2D eigenvalue weighted by molar-refractivity contribution is 4.73. The third kappa shape index (κ3) is 7.28. The minimum absolute atomic E-state index is 0.230. The molecule has 0 aromatic carbocycles. The second kappa shape index (κ2) is 9.69. The van der Waals surface area contributed by atoms with Gasteiger partial charge >= 0.3 is 0 Å². The first kappa shape index (κ1) is 15.9. The van der Waals surface area contributed by atoms with Crippen LogP contribution in [0.5, 0.6) is 0 Å². The molecule has 0 radical (unpaired) electrons. The van der Waals surface area contributed by atoms with Crippen LogP contribution in [0.15, 0.2) is 0 Å². The van der Waals surface area contributed by atoms with E-state index in [9.17, 15) is 0 Å². The van der Waals surface area contributed by atoms with Crippen molar-refractivity contribution in [2.75, 3.05) is 52.4 Å².